The van der Waals surface area contributed by atoms with E-state index in [1.54, 1.807) is 0 Å². The lowest BCUT2D eigenvalue weighted by atomic mass is 10.2. The Bertz CT molecular complexity index is 601. The van der Waals surface area contributed by atoms with Crippen molar-refractivity contribution in [1.82, 2.24) is 0 Å². The van der Waals surface area contributed by atoms with E-state index in [1.165, 1.54) is 12.1 Å². The van der Waals surface area contributed by atoms with Crippen LogP contribution in [0, 0.1) is 11.6 Å². The van der Waals surface area contributed by atoms with E-state index in [-0.39, 0.29) is 21.0 Å². The fraction of sp³-hybridized carbons (Fsp3) is 0.0769. The van der Waals surface area contributed by atoms with Crippen molar-refractivity contribution in [2.75, 3.05) is 5.73 Å². The number of benzene rings is 2. The van der Waals surface area contributed by atoms with Gasteiger partial charge in [-0.2, -0.15) is 0 Å². The largest absolute Gasteiger partial charge is 0.399 e. The summed E-state index contributed by atoms with van der Waals surface area (Å²) in [6, 6.07) is 6.82. The maximum atomic E-state index is 13.5. The molecule has 2 aromatic carbocycles. The fourth-order valence-electron chi connectivity index (χ4n) is 1.50. The standard InChI is InChI=1S/C13H9F4NS/c14-7-1-3-10(15)12(5-7)19-11-4-2-8(18)6-9(11)13(16)17/h1-6,13H,18H2. The molecule has 0 aliphatic carbocycles. The molecular weight excluding hydrogens is 278 g/mol. The number of nitrogens with two attached hydrogens (primary N) is 1. The number of halogens is 4. The normalized spacial score (nSPS) is 11.0. The minimum Gasteiger partial charge on any atom is -0.399 e. The molecule has 0 spiro atoms. The first kappa shape index (κ1) is 13.7. The van der Waals surface area contributed by atoms with Crippen LogP contribution in [0.1, 0.15) is 12.0 Å². The summed E-state index contributed by atoms with van der Waals surface area (Å²) in [7, 11) is 0. The lowest BCUT2D eigenvalue weighted by Crippen LogP contribution is -1.93. The van der Waals surface area contributed by atoms with Crippen molar-refractivity contribution in [3.63, 3.8) is 0 Å². The van der Waals surface area contributed by atoms with Gasteiger partial charge >= 0.3 is 0 Å². The monoisotopic (exact) mass is 287 g/mol. The molecule has 0 atom stereocenters. The van der Waals surface area contributed by atoms with E-state index in [1.807, 2.05) is 0 Å². The van der Waals surface area contributed by atoms with Crippen molar-refractivity contribution in [1.29, 1.82) is 0 Å². The Hall–Kier alpha value is -1.69. The smallest absolute Gasteiger partial charge is 0.265 e. The first-order valence-corrected chi connectivity index (χ1v) is 6.09. The lowest BCUT2D eigenvalue weighted by Gasteiger charge is -2.10. The number of rotatable bonds is 3. The van der Waals surface area contributed by atoms with Gasteiger partial charge in [0, 0.05) is 16.1 Å². The third-order valence-corrected chi connectivity index (χ3v) is 3.51. The van der Waals surface area contributed by atoms with Crippen molar-refractivity contribution in [2.45, 2.75) is 16.2 Å². The summed E-state index contributed by atoms with van der Waals surface area (Å²) in [5.41, 5.74) is 5.33. The molecule has 0 bridgehead atoms. The zero-order valence-electron chi connectivity index (χ0n) is 9.54. The molecule has 0 aromatic heterocycles. The van der Waals surface area contributed by atoms with Gasteiger partial charge in [0.15, 0.2) is 0 Å². The van der Waals surface area contributed by atoms with Gasteiger partial charge in [0.2, 0.25) is 0 Å². The Morgan fingerprint density at radius 1 is 0.947 bits per heavy atom. The van der Waals surface area contributed by atoms with Crippen LogP contribution in [-0.2, 0) is 0 Å². The topological polar surface area (TPSA) is 26.0 Å². The van der Waals surface area contributed by atoms with Gasteiger partial charge in [-0.05, 0) is 36.4 Å². The summed E-state index contributed by atoms with van der Waals surface area (Å²) in [5.74, 6) is -1.29. The molecule has 0 unspecified atom stereocenters. The van der Waals surface area contributed by atoms with E-state index < -0.39 is 18.1 Å². The maximum absolute atomic E-state index is 13.5. The van der Waals surface area contributed by atoms with Crippen LogP contribution in [0.2, 0.25) is 0 Å². The van der Waals surface area contributed by atoms with Crippen molar-refractivity contribution < 1.29 is 17.6 Å². The van der Waals surface area contributed by atoms with E-state index in [9.17, 15) is 17.6 Å². The first-order valence-electron chi connectivity index (χ1n) is 5.28. The van der Waals surface area contributed by atoms with Gasteiger partial charge in [0.1, 0.15) is 11.6 Å². The van der Waals surface area contributed by atoms with Gasteiger partial charge in [0.05, 0.1) is 4.90 Å². The SMILES string of the molecule is Nc1ccc(Sc2cc(F)ccc2F)c(C(F)F)c1. The highest BCUT2D eigenvalue weighted by molar-refractivity contribution is 7.99. The molecule has 100 valence electrons. The van der Waals surface area contributed by atoms with Crippen LogP contribution in [0.25, 0.3) is 0 Å². The molecular formula is C13H9F4NS. The molecule has 6 heteroatoms. The Balaban J connectivity index is 2.40. The zero-order chi connectivity index (χ0) is 14.0. The van der Waals surface area contributed by atoms with Crippen LogP contribution < -0.4 is 5.73 Å². The van der Waals surface area contributed by atoms with Crippen LogP contribution >= 0.6 is 11.8 Å². The highest BCUT2D eigenvalue weighted by Crippen LogP contribution is 2.37. The Morgan fingerprint density at radius 3 is 2.37 bits per heavy atom. The molecule has 0 heterocycles. The van der Waals surface area contributed by atoms with Crippen LogP contribution in [0.5, 0.6) is 0 Å². The van der Waals surface area contributed by atoms with Crippen molar-refractivity contribution in [3.8, 4) is 0 Å². The van der Waals surface area contributed by atoms with Gasteiger partial charge in [-0.25, -0.2) is 17.6 Å². The second kappa shape index (κ2) is 5.52. The molecule has 2 rings (SSSR count). The maximum Gasteiger partial charge on any atom is 0.265 e. The van der Waals surface area contributed by atoms with E-state index in [4.69, 9.17) is 5.73 Å². The second-order valence-corrected chi connectivity index (χ2v) is 4.86. The van der Waals surface area contributed by atoms with Gasteiger partial charge in [-0.1, -0.05) is 11.8 Å². The highest BCUT2D eigenvalue weighted by atomic mass is 32.2. The van der Waals surface area contributed by atoms with Crippen LogP contribution in [-0.4, -0.2) is 0 Å². The van der Waals surface area contributed by atoms with E-state index in [0.717, 1.165) is 36.0 Å². The minimum absolute atomic E-state index is 0.0494. The number of anilines is 1. The summed E-state index contributed by atoms with van der Waals surface area (Å²) in [5, 5.41) is 0. The molecule has 2 aromatic rings. The summed E-state index contributed by atoms with van der Waals surface area (Å²) >= 11 is 0.741. The third-order valence-electron chi connectivity index (χ3n) is 2.38. The van der Waals surface area contributed by atoms with Crippen molar-refractivity contribution in [2.24, 2.45) is 0 Å². The summed E-state index contributed by atoms with van der Waals surface area (Å²) in [4.78, 5) is 0.0976. The number of hydrogen-bond acceptors (Lipinski definition) is 2. The van der Waals surface area contributed by atoms with Crippen LogP contribution in [0.15, 0.2) is 46.2 Å². The first-order chi connectivity index (χ1) is 8.97. The van der Waals surface area contributed by atoms with Gasteiger partial charge in [-0.15, -0.1) is 0 Å². The third kappa shape index (κ3) is 3.20. The average molecular weight is 287 g/mol. The Labute approximate surface area is 111 Å². The quantitative estimate of drug-likeness (QED) is 0.657. The molecule has 0 radical (unpaired) electrons. The Kier molecular flexibility index (Phi) is 3.99. The van der Waals surface area contributed by atoms with Crippen molar-refractivity contribution >= 4 is 17.4 Å². The van der Waals surface area contributed by atoms with E-state index in [2.05, 4.69) is 0 Å². The predicted octanol–water partition coefficient (Wildman–Crippen LogP) is 4.64. The lowest BCUT2D eigenvalue weighted by molar-refractivity contribution is 0.148. The molecule has 0 fully saturated rings. The average Bonchev–Trinajstić information content (AvgIpc) is 2.35. The number of nitrogen functional groups attached to an aromatic ring is 1. The molecule has 0 aliphatic heterocycles. The molecule has 1 nitrogen and oxygen atoms in total. The highest BCUT2D eigenvalue weighted by Gasteiger charge is 2.16. The van der Waals surface area contributed by atoms with Crippen LogP contribution in [0.3, 0.4) is 0 Å². The second-order valence-electron chi connectivity index (χ2n) is 3.77. The Morgan fingerprint density at radius 2 is 1.68 bits per heavy atom. The zero-order valence-corrected chi connectivity index (χ0v) is 10.4. The molecule has 2 N–H and O–H groups in total. The van der Waals surface area contributed by atoms with E-state index in [0.29, 0.717) is 0 Å². The summed E-state index contributed by atoms with van der Waals surface area (Å²) in [6.45, 7) is 0. The van der Waals surface area contributed by atoms with Crippen LogP contribution in [0.4, 0.5) is 23.2 Å². The minimum atomic E-state index is -2.73. The molecule has 0 aliphatic rings. The fourth-order valence-corrected chi connectivity index (χ4v) is 2.48. The van der Waals surface area contributed by atoms with Gasteiger partial charge in [0.25, 0.3) is 6.43 Å². The summed E-state index contributed by atoms with van der Waals surface area (Å²) in [6.07, 6.45) is -2.73. The summed E-state index contributed by atoms with van der Waals surface area (Å²) < 4.78 is 52.2. The molecule has 0 saturated carbocycles. The van der Waals surface area contributed by atoms with E-state index >= 15 is 0 Å². The molecule has 19 heavy (non-hydrogen) atoms. The van der Waals surface area contributed by atoms with Gasteiger partial charge < -0.3 is 5.73 Å². The van der Waals surface area contributed by atoms with Gasteiger partial charge in [-0.3, -0.25) is 0 Å². The number of alkyl halides is 2. The van der Waals surface area contributed by atoms with Crippen molar-refractivity contribution in [3.05, 3.63) is 53.6 Å². The predicted molar refractivity (Wildman–Crippen MR) is 66.3 cm³/mol. The number of hydrogen-bond donors (Lipinski definition) is 1. The molecule has 0 amide bonds. The molecule has 0 saturated heterocycles.